The van der Waals surface area contributed by atoms with Crippen LogP contribution in [0.1, 0.15) is 33.2 Å². The van der Waals surface area contributed by atoms with Crippen molar-refractivity contribution in [3.05, 3.63) is 64.3 Å². The lowest BCUT2D eigenvalue weighted by atomic mass is 10.1. The Balaban J connectivity index is 2.20. The van der Waals surface area contributed by atoms with Crippen molar-refractivity contribution < 1.29 is 19.1 Å². The number of carbonyl (C=O) groups is 2. The third kappa shape index (κ3) is 3.92. The summed E-state index contributed by atoms with van der Waals surface area (Å²) >= 11 is 6.23. The largest absolute Gasteiger partial charge is 0.465 e. The Labute approximate surface area is 167 Å². The number of pyridine rings is 1. The molecule has 0 amide bonds. The number of anilines is 2. The molecule has 2 aromatic carbocycles. The molecule has 0 aliphatic carbocycles. The molecule has 0 saturated heterocycles. The van der Waals surface area contributed by atoms with Crippen LogP contribution in [0.25, 0.3) is 10.9 Å². The number of benzene rings is 2. The van der Waals surface area contributed by atoms with Gasteiger partial charge in [-0.3, -0.25) is 4.98 Å². The summed E-state index contributed by atoms with van der Waals surface area (Å²) in [5, 5.41) is 4.41. The molecule has 1 heterocycles. The molecule has 0 spiro atoms. The fraction of sp³-hybridized carbons (Fsp3) is 0.190. The number of rotatable bonds is 5. The Kier molecular flexibility index (Phi) is 5.80. The van der Waals surface area contributed by atoms with Crippen LogP contribution in [0.5, 0.6) is 0 Å². The highest BCUT2D eigenvalue weighted by Crippen LogP contribution is 2.32. The van der Waals surface area contributed by atoms with Crippen molar-refractivity contribution in [2.75, 3.05) is 19.0 Å². The van der Waals surface area contributed by atoms with E-state index in [1.807, 2.05) is 19.1 Å². The first-order valence-electron chi connectivity index (χ1n) is 8.66. The molecule has 28 heavy (non-hydrogen) atoms. The molecule has 0 fully saturated rings. The summed E-state index contributed by atoms with van der Waals surface area (Å²) in [6.07, 6.45) is 1.45. The molecular weight excluding hydrogens is 380 g/mol. The quantitative estimate of drug-likeness (QED) is 0.615. The fourth-order valence-corrected chi connectivity index (χ4v) is 2.93. The van der Waals surface area contributed by atoms with Crippen molar-refractivity contribution in [3.63, 3.8) is 0 Å². The van der Waals surface area contributed by atoms with E-state index in [1.54, 1.807) is 31.2 Å². The van der Waals surface area contributed by atoms with Gasteiger partial charge in [0.15, 0.2) is 0 Å². The highest BCUT2D eigenvalue weighted by atomic mass is 35.5. The number of halogens is 1. The van der Waals surface area contributed by atoms with Gasteiger partial charge in [-0.15, -0.1) is 0 Å². The first kappa shape index (κ1) is 19.6. The summed E-state index contributed by atoms with van der Waals surface area (Å²) in [6.45, 7) is 3.87. The SMILES string of the molecule is CCOC(=O)c1cnc2ccc(C(=O)OC)cc2c1Nc1ccc(C)c(Cl)c1. The van der Waals surface area contributed by atoms with Gasteiger partial charge in [0.1, 0.15) is 5.56 Å². The second-order valence-electron chi connectivity index (χ2n) is 6.08. The average Bonchev–Trinajstić information content (AvgIpc) is 2.70. The van der Waals surface area contributed by atoms with E-state index < -0.39 is 11.9 Å². The Bertz CT molecular complexity index is 1070. The summed E-state index contributed by atoms with van der Waals surface area (Å²) in [6, 6.07) is 10.4. The van der Waals surface area contributed by atoms with Crippen LogP contribution in [0.15, 0.2) is 42.6 Å². The summed E-state index contributed by atoms with van der Waals surface area (Å²) in [4.78, 5) is 28.8. The molecule has 1 N–H and O–H groups in total. The Morgan fingerprint density at radius 1 is 1.14 bits per heavy atom. The van der Waals surface area contributed by atoms with Gasteiger partial charge in [-0.2, -0.15) is 0 Å². The molecule has 3 rings (SSSR count). The summed E-state index contributed by atoms with van der Waals surface area (Å²) < 4.78 is 9.96. The lowest BCUT2D eigenvalue weighted by Crippen LogP contribution is -2.10. The molecule has 0 unspecified atom stereocenters. The zero-order valence-electron chi connectivity index (χ0n) is 15.7. The van der Waals surface area contributed by atoms with Gasteiger partial charge in [-0.25, -0.2) is 9.59 Å². The minimum atomic E-state index is -0.513. The monoisotopic (exact) mass is 398 g/mol. The number of aryl methyl sites for hydroxylation is 1. The summed E-state index contributed by atoms with van der Waals surface area (Å²) in [5.41, 5.74) is 3.33. The zero-order chi connectivity index (χ0) is 20.3. The summed E-state index contributed by atoms with van der Waals surface area (Å²) in [5.74, 6) is -0.992. The maximum atomic E-state index is 12.5. The highest BCUT2D eigenvalue weighted by molar-refractivity contribution is 6.31. The van der Waals surface area contributed by atoms with Gasteiger partial charge in [-0.1, -0.05) is 17.7 Å². The van der Waals surface area contributed by atoms with E-state index in [-0.39, 0.29) is 12.2 Å². The Morgan fingerprint density at radius 2 is 1.93 bits per heavy atom. The van der Waals surface area contributed by atoms with Crippen molar-refractivity contribution in [2.45, 2.75) is 13.8 Å². The molecule has 0 bridgehead atoms. The van der Waals surface area contributed by atoms with Crippen molar-refractivity contribution in [3.8, 4) is 0 Å². The number of nitrogens with zero attached hydrogens (tertiary/aromatic N) is 1. The molecule has 6 nitrogen and oxygen atoms in total. The molecule has 0 radical (unpaired) electrons. The van der Waals surface area contributed by atoms with Crippen molar-refractivity contribution in [1.82, 2.24) is 4.98 Å². The number of esters is 2. The fourth-order valence-electron chi connectivity index (χ4n) is 2.75. The lowest BCUT2D eigenvalue weighted by molar-refractivity contribution is 0.0526. The standard InChI is InChI=1S/C21H19ClN2O4/c1-4-28-21(26)16-11-23-18-8-6-13(20(25)27-3)9-15(18)19(16)24-14-7-5-12(2)17(22)10-14/h5-11H,4H2,1-3H3,(H,23,24). The molecule has 1 aromatic heterocycles. The topological polar surface area (TPSA) is 77.5 Å². The van der Waals surface area contributed by atoms with Crippen LogP contribution in [0.3, 0.4) is 0 Å². The Morgan fingerprint density at radius 3 is 2.61 bits per heavy atom. The predicted octanol–water partition coefficient (Wildman–Crippen LogP) is 4.90. The van der Waals surface area contributed by atoms with E-state index >= 15 is 0 Å². The van der Waals surface area contributed by atoms with Crippen molar-refractivity contribution in [1.29, 1.82) is 0 Å². The lowest BCUT2D eigenvalue weighted by Gasteiger charge is -2.15. The second-order valence-corrected chi connectivity index (χ2v) is 6.49. The van der Waals surface area contributed by atoms with Crippen LogP contribution < -0.4 is 5.32 Å². The number of aromatic nitrogens is 1. The van der Waals surface area contributed by atoms with Gasteiger partial charge >= 0.3 is 11.9 Å². The number of fused-ring (bicyclic) bond motifs is 1. The number of hydrogen-bond donors (Lipinski definition) is 1. The molecule has 0 aliphatic heterocycles. The van der Waals surface area contributed by atoms with Gasteiger partial charge in [0.25, 0.3) is 0 Å². The van der Waals surface area contributed by atoms with Gasteiger partial charge in [0.05, 0.1) is 30.5 Å². The van der Waals surface area contributed by atoms with Crippen LogP contribution in [0.4, 0.5) is 11.4 Å². The molecule has 3 aromatic rings. The normalized spacial score (nSPS) is 10.6. The van der Waals surface area contributed by atoms with Crippen LogP contribution in [0, 0.1) is 6.92 Å². The van der Waals surface area contributed by atoms with E-state index in [0.29, 0.717) is 32.9 Å². The molecule has 0 aliphatic rings. The van der Waals surface area contributed by atoms with Crippen molar-refractivity contribution >= 4 is 45.8 Å². The number of ether oxygens (including phenoxy) is 2. The smallest absolute Gasteiger partial charge is 0.341 e. The minimum Gasteiger partial charge on any atom is -0.465 e. The zero-order valence-corrected chi connectivity index (χ0v) is 16.5. The first-order chi connectivity index (χ1) is 13.4. The highest BCUT2D eigenvalue weighted by Gasteiger charge is 2.18. The van der Waals surface area contributed by atoms with Gasteiger partial charge in [0.2, 0.25) is 0 Å². The van der Waals surface area contributed by atoms with Gasteiger partial charge in [-0.05, 0) is 49.7 Å². The maximum absolute atomic E-state index is 12.5. The Hall–Kier alpha value is -3.12. The molecule has 144 valence electrons. The second kappa shape index (κ2) is 8.27. The average molecular weight is 399 g/mol. The molecule has 7 heteroatoms. The molecular formula is C21H19ClN2O4. The molecule has 0 saturated carbocycles. The third-order valence-electron chi connectivity index (χ3n) is 4.23. The number of carbonyl (C=O) groups excluding carboxylic acids is 2. The van der Waals surface area contributed by atoms with E-state index in [1.165, 1.54) is 13.3 Å². The number of hydrogen-bond acceptors (Lipinski definition) is 6. The van der Waals surface area contributed by atoms with Crippen LogP contribution >= 0.6 is 11.6 Å². The first-order valence-corrected chi connectivity index (χ1v) is 9.03. The van der Waals surface area contributed by atoms with Gasteiger partial charge in [0, 0.05) is 22.3 Å². The number of nitrogens with one attached hydrogen (secondary N) is 1. The van der Waals surface area contributed by atoms with Crippen LogP contribution in [-0.2, 0) is 9.47 Å². The van der Waals surface area contributed by atoms with Crippen LogP contribution in [0.2, 0.25) is 5.02 Å². The van der Waals surface area contributed by atoms with E-state index in [2.05, 4.69) is 10.3 Å². The third-order valence-corrected chi connectivity index (χ3v) is 4.63. The maximum Gasteiger partial charge on any atom is 0.341 e. The predicted molar refractivity (Wildman–Crippen MR) is 109 cm³/mol. The van der Waals surface area contributed by atoms with Crippen LogP contribution in [-0.4, -0.2) is 30.6 Å². The van der Waals surface area contributed by atoms with Crippen molar-refractivity contribution in [2.24, 2.45) is 0 Å². The summed E-state index contributed by atoms with van der Waals surface area (Å²) in [7, 11) is 1.31. The van der Waals surface area contributed by atoms with E-state index in [9.17, 15) is 9.59 Å². The van der Waals surface area contributed by atoms with E-state index in [4.69, 9.17) is 21.1 Å². The minimum absolute atomic E-state index is 0.231. The van der Waals surface area contributed by atoms with Gasteiger partial charge < -0.3 is 14.8 Å². The number of methoxy groups -OCH3 is 1. The molecule has 0 atom stereocenters. The van der Waals surface area contributed by atoms with E-state index in [0.717, 1.165) is 5.56 Å².